The van der Waals surface area contributed by atoms with Crippen molar-refractivity contribution in [2.24, 2.45) is 0 Å². The van der Waals surface area contributed by atoms with Crippen molar-refractivity contribution in [3.8, 4) is 17.2 Å². The Bertz CT molecular complexity index is 912. The lowest BCUT2D eigenvalue weighted by Crippen LogP contribution is -2.33. The van der Waals surface area contributed by atoms with Crippen LogP contribution in [0.25, 0.3) is 6.08 Å². The molecule has 29 heavy (non-hydrogen) atoms. The number of rotatable bonds is 7. The molecule has 1 aliphatic rings. The first-order valence-electron chi connectivity index (χ1n) is 9.10. The van der Waals surface area contributed by atoms with Gasteiger partial charge in [0, 0.05) is 18.3 Å². The number of carbonyl (C=O) groups is 2. The number of hydrogen-bond acceptors (Lipinski definition) is 6. The second kappa shape index (κ2) is 9.14. The molecule has 152 valence electrons. The van der Waals surface area contributed by atoms with Crippen LogP contribution in [0.3, 0.4) is 0 Å². The van der Waals surface area contributed by atoms with Gasteiger partial charge < -0.3 is 23.8 Å². The van der Waals surface area contributed by atoms with E-state index in [9.17, 15) is 9.59 Å². The average molecular weight is 397 g/mol. The molecule has 0 aliphatic carbocycles. The Morgan fingerprint density at radius 2 is 1.72 bits per heavy atom. The SMILES string of the molecule is COc1cc(/C=C/C(=O)OCC(=O)N2CCc3ccccc32)cc(OC)c1OC. The normalized spacial score (nSPS) is 12.6. The molecule has 0 aromatic heterocycles. The van der Waals surface area contributed by atoms with Crippen LogP contribution in [0, 0.1) is 0 Å². The van der Waals surface area contributed by atoms with Crippen LogP contribution in [0.5, 0.6) is 17.2 Å². The molecule has 1 heterocycles. The van der Waals surface area contributed by atoms with Crippen molar-refractivity contribution in [3.05, 3.63) is 53.6 Å². The minimum absolute atomic E-state index is 0.246. The molecular weight excluding hydrogens is 374 g/mol. The second-order valence-electron chi connectivity index (χ2n) is 6.32. The van der Waals surface area contributed by atoms with Crippen LogP contribution in [0.2, 0.25) is 0 Å². The van der Waals surface area contributed by atoms with Gasteiger partial charge in [0.25, 0.3) is 5.91 Å². The Morgan fingerprint density at radius 3 is 2.38 bits per heavy atom. The third-order valence-corrected chi connectivity index (χ3v) is 4.63. The van der Waals surface area contributed by atoms with E-state index in [0.29, 0.717) is 29.4 Å². The molecule has 1 aliphatic heterocycles. The average Bonchev–Trinajstić information content (AvgIpc) is 3.19. The fourth-order valence-corrected chi connectivity index (χ4v) is 3.22. The molecule has 0 bridgehead atoms. The summed E-state index contributed by atoms with van der Waals surface area (Å²) in [6.45, 7) is 0.282. The zero-order valence-electron chi connectivity index (χ0n) is 16.6. The van der Waals surface area contributed by atoms with Gasteiger partial charge in [0.1, 0.15) is 0 Å². The maximum absolute atomic E-state index is 12.4. The van der Waals surface area contributed by atoms with E-state index in [4.69, 9.17) is 18.9 Å². The highest BCUT2D eigenvalue weighted by molar-refractivity contribution is 5.98. The Morgan fingerprint density at radius 1 is 1.03 bits per heavy atom. The molecule has 0 saturated heterocycles. The summed E-state index contributed by atoms with van der Waals surface area (Å²) in [7, 11) is 4.55. The quantitative estimate of drug-likeness (QED) is 0.528. The lowest BCUT2D eigenvalue weighted by Gasteiger charge is -2.16. The van der Waals surface area contributed by atoms with Gasteiger partial charge in [0.05, 0.1) is 21.3 Å². The summed E-state index contributed by atoms with van der Waals surface area (Å²) in [5.74, 6) is 0.556. The number of esters is 1. The van der Waals surface area contributed by atoms with E-state index in [-0.39, 0.29) is 12.5 Å². The fourth-order valence-electron chi connectivity index (χ4n) is 3.22. The first-order valence-corrected chi connectivity index (χ1v) is 9.10. The first-order chi connectivity index (χ1) is 14.1. The second-order valence-corrected chi connectivity index (χ2v) is 6.32. The standard InChI is InChI=1S/C22H23NO6/c1-26-18-12-15(13-19(27-2)22(18)28-3)8-9-21(25)29-14-20(24)23-11-10-16-6-4-5-7-17(16)23/h4-9,12-13H,10-11,14H2,1-3H3/b9-8+. The van der Waals surface area contributed by atoms with Crippen LogP contribution < -0.4 is 19.1 Å². The minimum atomic E-state index is -0.611. The lowest BCUT2D eigenvalue weighted by atomic mass is 10.1. The minimum Gasteiger partial charge on any atom is -0.493 e. The summed E-state index contributed by atoms with van der Waals surface area (Å²) in [5, 5.41) is 0. The molecule has 0 spiro atoms. The predicted molar refractivity (Wildman–Crippen MR) is 109 cm³/mol. The third-order valence-electron chi connectivity index (χ3n) is 4.63. The van der Waals surface area contributed by atoms with Gasteiger partial charge in [-0.25, -0.2) is 4.79 Å². The highest BCUT2D eigenvalue weighted by Gasteiger charge is 2.24. The zero-order valence-corrected chi connectivity index (χ0v) is 16.6. The van der Waals surface area contributed by atoms with Gasteiger partial charge in [-0.3, -0.25) is 4.79 Å². The molecule has 7 nitrogen and oxygen atoms in total. The van der Waals surface area contributed by atoms with Crippen molar-refractivity contribution in [2.75, 3.05) is 39.4 Å². The van der Waals surface area contributed by atoms with E-state index in [1.54, 1.807) is 23.1 Å². The monoisotopic (exact) mass is 397 g/mol. The number of nitrogens with zero attached hydrogens (tertiary/aromatic N) is 1. The maximum Gasteiger partial charge on any atom is 0.331 e. The van der Waals surface area contributed by atoms with Crippen molar-refractivity contribution < 1.29 is 28.5 Å². The molecule has 0 saturated carbocycles. The van der Waals surface area contributed by atoms with Gasteiger partial charge in [-0.2, -0.15) is 0 Å². The van der Waals surface area contributed by atoms with Crippen molar-refractivity contribution in [1.82, 2.24) is 0 Å². The van der Waals surface area contributed by atoms with E-state index in [2.05, 4.69) is 0 Å². The van der Waals surface area contributed by atoms with Gasteiger partial charge >= 0.3 is 5.97 Å². The highest BCUT2D eigenvalue weighted by atomic mass is 16.5. The molecule has 2 aromatic rings. The first kappa shape index (κ1) is 20.3. The smallest absolute Gasteiger partial charge is 0.331 e. The number of ether oxygens (including phenoxy) is 4. The van der Waals surface area contributed by atoms with E-state index in [0.717, 1.165) is 17.7 Å². The third kappa shape index (κ3) is 4.51. The Kier molecular flexibility index (Phi) is 6.39. The number of methoxy groups -OCH3 is 3. The number of carbonyl (C=O) groups excluding carboxylic acids is 2. The van der Waals surface area contributed by atoms with Crippen molar-refractivity contribution in [2.45, 2.75) is 6.42 Å². The predicted octanol–water partition coefficient (Wildman–Crippen LogP) is 2.86. The number of benzene rings is 2. The lowest BCUT2D eigenvalue weighted by molar-refractivity contribution is -0.142. The molecular formula is C22H23NO6. The molecule has 0 radical (unpaired) electrons. The van der Waals surface area contributed by atoms with E-state index < -0.39 is 5.97 Å². The number of hydrogen-bond donors (Lipinski definition) is 0. The Labute approximate surface area is 169 Å². The van der Waals surface area contributed by atoms with Crippen LogP contribution in [-0.4, -0.2) is 46.4 Å². The van der Waals surface area contributed by atoms with Crippen LogP contribution in [0.1, 0.15) is 11.1 Å². The number of anilines is 1. The van der Waals surface area contributed by atoms with Gasteiger partial charge in [-0.15, -0.1) is 0 Å². The van der Waals surface area contributed by atoms with E-state index in [1.807, 2.05) is 24.3 Å². The summed E-state index contributed by atoms with van der Waals surface area (Å²) in [4.78, 5) is 26.1. The largest absolute Gasteiger partial charge is 0.493 e. The van der Waals surface area contributed by atoms with Gasteiger partial charge in [-0.1, -0.05) is 18.2 Å². The highest BCUT2D eigenvalue weighted by Crippen LogP contribution is 2.38. The molecule has 0 unspecified atom stereocenters. The van der Waals surface area contributed by atoms with Gasteiger partial charge in [0.2, 0.25) is 5.75 Å². The Hall–Kier alpha value is -3.48. The Balaban J connectivity index is 1.61. The molecule has 7 heteroatoms. The molecule has 2 aromatic carbocycles. The molecule has 1 amide bonds. The van der Waals surface area contributed by atoms with Gasteiger partial charge in [0.15, 0.2) is 18.1 Å². The van der Waals surface area contributed by atoms with Crippen molar-refractivity contribution in [3.63, 3.8) is 0 Å². The fraction of sp³-hybridized carbons (Fsp3) is 0.273. The number of para-hydroxylation sites is 1. The van der Waals surface area contributed by atoms with Crippen LogP contribution in [0.4, 0.5) is 5.69 Å². The summed E-state index contributed by atoms with van der Waals surface area (Å²) < 4.78 is 20.9. The van der Waals surface area contributed by atoms with Crippen LogP contribution in [0.15, 0.2) is 42.5 Å². The van der Waals surface area contributed by atoms with Crippen LogP contribution in [-0.2, 0) is 20.7 Å². The zero-order chi connectivity index (χ0) is 20.8. The molecule has 3 rings (SSSR count). The topological polar surface area (TPSA) is 74.3 Å². The van der Waals surface area contributed by atoms with E-state index >= 15 is 0 Å². The van der Waals surface area contributed by atoms with E-state index in [1.165, 1.54) is 27.4 Å². The summed E-state index contributed by atoms with van der Waals surface area (Å²) in [5.41, 5.74) is 2.66. The summed E-state index contributed by atoms with van der Waals surface area (Å²) >= 11 is 0. The summed E-state index contributed by atoms with van der Waals surface area (Å²) in [6.07, 6.45) is 3.62. The van der Waals surface area contributed by atoms with Crippen molar-refractivity contribution in [1.29, 1.82) is 0 Å². The molecule has 0 fully saturated rings. The van der Waals surface area contributed by atoms with Gasteiger partial charge in [-0.05, 0) is 41.8 Å². The molecule has 0 atom stereocenters. The van der Waals surface area contributed by atoms with Crippen molar-refractivity contribution >= 4 is 23.6 Å². The molecule has 0 N–H and O–H groups in total. The number of fused-ring (bicyclic) bond motifs is 1. The maximum atomic E-state index is 12.4. The number of amides is 1. The van der Waals surface area contributed by atoms with Crippen LogP contribution >= 0.6 is 0 Å². The summed E-state index contributed by atoms with van der Waals surface area (Å²) in [6, 6.07) is 11.1.